The number of imidazole rings is 2. The highest BCUT2D eigenvalue weighted by Crippen LogP contribution is 2.30. The molecule has 5 rings (SSSR count). The van der Waals surface area contributed by atoms with Gasteiger partial charge in [0.2, 0.25) is 5.91 Å². The molecule has 0 radical (unpaired) electrons. The van der Waals surface area contributed by atoms with E-state index >= 15 is 0 Å². The van der Waals surface area contributed by atoms with E-state index in [0.29, 0.717) is 30.7 Å². The van der Waals surface area contributed by atoms with Gasteiger partial charge in [0.25, 0.3) is 10.0 Å². The van der Waals surface area contributed by atoms with Gasteiger partial charge in [0.15, 0.2) is 5.03 Å². The van der Waals surface area contributed by atoms with Crippen LogP contribution in [0.2, 0.25) is 0 Å². The van der Waals surface area contributed by atoms with Crippen molar-refractivity contribution in [3.63, 3.8) is 0 Å². The smallest absolute Gasteiger partial charge is 0.329 e. The molecule has 0 saturated heterocycles. The van der Waals surface area contributed by atoms with Gasteiger partial charge in [0.1, 0.15) is 5.82 Å². The van der Waals surface area contributed by atoms with Gasteiger partial charge >= 0.3 is 5.69 Å². The molecule has 204 valence electrons. The van der Waals surface area contributed by atoms with Gasteiger partial charge in [-0.05, 0) is 55.0 Å². The van der Waals surface area contributed by atoms with Crippen LogP contribution in [-0.2, 0) is 28.4 Å². The topological polar surface area (TPSA) is 108 Å². The van der Waals surface area contributed by atoms with E-state index in [-0.39, 0.29) is 17.1 Å². The number of carbonyl (C=O) groups is 1. The molecule has 3 heterocycles. The normalized spacial score (nSPS) is 12.8. The maximum atomic E-state index is 13.9. The molecule has 1 unspecified atom stereocenters. The summed E-state index contributed by atoms with van der Waals surface area (Å²) < 4.78 is 33.9. The van der Waals surface area contributed by atoms with Gasteiger partial charge in [-0.3, -0.25) is 13.9 Å². The Bertz CT molecular complexity index is 1840. The van der Waals surface area contributed by atoms with Crippen molar-refractivity contribution in [2.24, 2.45) is 7.05 Å². The third-order valence-electron chi connectivity index (χ3n) is 7.10. The lowest BCUT2D eigenvalue weighted by molar-refractivity contribution is -0.120. The zero-order valence-corrected chi connectivity index (χ0v) is 24.0. The van der Waals surface area contributed by atoms with Crippen LogP contribution >= 0.6 is 11.3 Å². The van der Waals surface area contributed by atoms with Crippen molar-refractivity contribution in [2.75, 3.05) is 0 Å². The summed E-state index contributed by atoms with van der Waals surface area (Å²) in [6, 6.07) is 13.2. The van der Waals surface area contributed by atoms with Crippen LogP contribution < -0.4 is 10.4 Å². The van der Waals surface area contributed by atoms with Crippen LogP contribution in [0.25, 0.3) is 21.1 Å². The van der Waals surface area contributed by atoms with E-state index in [1.807, 2.05) is 37.3 Å². The zero-order valence-electron chi connectivity index (χ0n) is 22.3. The Hall–Kier alpha value is -3.70. The van der Waals surface area contributed by atoms with Crippen molar-refractivity contribution < 1.29 is 13.2 Å². The predicted octanol–water partition coefficient (Wildman–Crippen LogP) is 4.65. The summed E-state index contributed by atoms with van der Waals surface area (Å²) >= 11 is 1.66. The minimum absolute atomic E-state index is 0.159. The highest BCUT2D eigenvalue weighted by molar-refractivity contribution is 7.90. The number of fused-ring (bicyclic) bond motifs is 2. The van der Waals surface area contributed by atoms with Gasteiger partial charge in [-0.2, -0.15) is 8.42 Å². The Morgan fingerprint density at radius 1 is 1.10 bits per heavy atom. The highest BCUT2D eigenvalue weighted by Gasteiger charge is 2.26. The first kappa shape index (κ1) is 26.9. The van der Waals surface area contributed by atoms with E-state index < -0.39 is 22.0 Å². The Labute approximate surface area is 230 Å². The highest BCUT2D eigenvalue weighted by atomic mass is 32.2. The molecule has 0 aliphatic rings. The Kier molecular flexibility index (Phi) is 7.21. The van der Waals surface area contributed by atoms with Gasteiger partial charge in [-0.25, -0.2) is 14.5 Å². The summed E-state index contributed by atoms with van der Waals surface area (Å²) in [5, 5.41) is 3.04. The van der Waals surface area contributed by atoms with Crippen LogP contribution in [0.15, 0.2) is 63.9 Å². The molecule has 9 nitrogen and oxygen atoms in total. The molecule has 0 saturated carbocycles. The molecule has 0 aliphatic heterocycles. The molecule has 0 aliphatic carbocycles. The molecule has 0 fully saturated rings. The molecule has 1 atom stereocenters. The van der Waals surface area contributed by atoms with Crippen molar-refractivity contribution in [1.29, 1.82) is 0 Å². The summed E-state index contributed by atoms with van der Waals surface area (Å²) in [7, 11) is -2.45. The predicted molar refractivity (Wildman–Crippen MR) is 154 cm³/mol. The monoisotopic (exact) mass is 565 g/mol. The lowest BCUT2D eigenvalue weighted by Gasteiger charge is -2.18. The minimum atomic E-state index is -4.13. The second kappa shape index (κ2) is 10.5. The van der Waals surface area contributed by atoms with E-state index in [4.69, 9.17) is 0 Å². The number of amides is 1. The van der Waals surface area contributed by atoms with Crippen molar-refractivity contribution in [3.05, 3.63) is 81.5 Å². The second-order valence-electron chi connectivity index (χ2n) is 9.85. The van der Waals surface area contributed by atoms with E-state index in [9.17, 15) is 18.0 Å². The van der Waals surface area contributed by atoms with E-state index in [2.05, 4.69) is 34.1 Å². The Morgan fingerprint density at radius 3 is 2.54 bits per heavy atom. The van der Waals surface area contributed by atoms with Crippen LogP contribution in [0.3, 0.4) is 0 Å². The number of aromatic nitrogens is 4. The summed E-state index contributed by atoms with van der Waals surface area (Å²) in [5.74, 6) is -0.167. The Morgan fingerprint density at radius 2 is 1.85 bits per heavy atom. The molecule has 1 amide bonds. The van der Waals surface area contributed by atoms with E-state index in [1.165, 1.54) is 10.9 Å². The summed E-state index contributed by atoms with van der Waals surface area (Å²) in [5.41, 5.74) is 3.49. The van der Waals surface area contributed by atoms with Crippen LogP contribution in [0.5, 0.6) is 0 Å². The number of aryl methyl sites for hydroxylation is 3. The number of nitrogens with one attached hydrogen (secondary N) is 1. The molecule has 11 heteroatoms. The lowest BCUT2D eigenvalue weighted by Crippen LogP contribution is -2.35. The number of hydrogen-bond acceptors (Lipinski definition) is 6. The largest absolute Gasteiger partial charge is 0.337 e. The third-order valence-corrected chi connectivity index (χ3v) is 9.34. The summed E-state index contributed by atoms with van der Waals surface area (Å²) in [4.78, 5) is 31.0. The second-order valence-corrected chi connectivity index (χ2v) is 12.4. The van der Waals surface area contributed by atoms with Crippen molar-refractivity contribution in [3.8, 4) is 0 Å². The van der Waals surface area contributed by atoms with Crippen molar-refractivity contribution >= 4 is 48.4 Å². The van der Waals surface area contributed by atoms with E-state index in [0.717, 1.165) is 22.0 Å². The molecule has 1 N–H and O–H groups in total. The number of benzene rings is 2. The van der Waals surface area contributed by atoms with Crippen LogP contribution in [0.4, 0.5) is 0 Å². The van der Waals surface area contributed by atoms with Crippen molar-refractivity contribution in [1.82, 2.24) is 23.4 Å². The molecule has 39 heavy (non-hydrogen) atoms. The first-order valence-corrected chi connectivity index (χ1v) is 15.2. The number of rotatable bonds is 9. The number of nitrogens with zero attached hydrogens (tertiary/aromatic N) is 4. The van der Waals surface area contributed by atoms with Crippen LogP contribution in [0.1, 0.15) is 49.2 Å². The number of thiophene rings is 1. The van der Waals surface area contributed by atoms with Gasteiger partial charge in [-0.15, -0.1) is 11.3 Å². The quantitative estimate of drug-likeness (QED) is 0.280. The van der Waals surface area contributed by atoms with Crippen molar-refractivity contribution in [2.45, 2.75) is 57.6 Å². The van der Waals surface area contributed by atoms with Gasteiger partial charge in [0, 0.05) is 35.8 Å². The van der Waals surface area contributed by atoms with Gasteiger partial charge in [-0.1, -0.05) is 37.6 Å². The fourth-order valence-corrected chi connectivity index (χ4v) is 7.20. The number of para-hydroxylation sites is 2. The molecule has 3 aromatic heterocycles. The number of hydrogen-bond donors (Lipinski definition) is 1. The van der Waals surface area contributed by atoms with E-state index in [1.54, 1.807) is 39.0 Å². The number of carbonyl (C=O) groups excluding carboxylic acids is 1. The zero-order chi connectivity index (χ0) is 27.9. The molecule has 2 aromatic carbocycles. The average molecular weight is 566 g/mol. The molecule has 5 aromatic rings. The maximum Gasteiger partial charge on any atom is 0.329 e. The van der Waals surface area contributed by atoms with Crippen LogP contribution in [-0.4, -0.2) is 33.0 Å². The first-order chi connectivity index (χ1) is 18.6. The molecular weight excluding hydrogens is 534 g/mol. The molecule has 0 spiro atoms. The molecular formula is C28H31N5O4S2. The van der Waals surface area contributed by atoms with Crippen LogP contribution in [0, 0.1) is 13.8 Å². The third kappa shape index (κ3) is 5.04. The summed E-state index contributed by atoms with van der Waals surface area (Å²) in [6.45, 7) is 6.12. The summed E-state index contributed by atoms with van der Waals surface area (Å²) in [6.07, 6.45) is 2.45. The van der Waals surface area contributed by atoms with Gasteiger partial charge < -0.3 is 4.57 Å². The standard InChI is InChI=1S/C28H31N5O4S2/c1-5-9-21(14-25(34)30-39(36,37)26-16-31(4)19(3)29-26)33-23-12-7-6-11-22(23)32(28(33)35)15-20-17-38-24-13-8-10-18(2)27(20)24/h6-8,10-13,16-17,21H,5,9,14-15H2,1-4H3,(H,30,34). The number of sulfonamides is 1. The fraction of sp³-hybridized carbons (Fsp3) is 0.321. The lowest BCUT2D eigenvalue weighted by atomic mass is 10.1. The SMILES string of the molecule is CCCC(CC(=O)NS(=O)(=O)c1cn(C)c(C)n1)n1c(=O)n(Cc2csc3cccc(C)c23)c2ccccc21. The molecule has 0 bridgehead atoms. The first-order valence-electron chi connectivity index (χ1n) is 12.8. The maximum absolute atomic E-state index is 13.9. The van der Waals surface area contributed by atoms with Gasteiger partial charge in [0.05, 0.1) is 17.6 Å². The Balaban J connectivity index is 1.50. The average Bonchev–Trinajstić information content (AvgIpc) is 3.54. The fourth-order valence-electron chi connectivity index (χ4n) is 5.14. The minimum Gasteiger partial charge on any atom is -0.337 e.